The van der Waals surface area contributed by atoms with Gasteiger partial charge in [-0.25, -0.2) is 9.67 Å². The average molecular weight is 410 g/mol. The molecular formula is C24H22N6O. The van der Waals surface area contributed by atoms with Crippen molar-refractivity contribution < 1.29 is 4.74 Å². The van der Waals surface area contributed by atoms with Crippen molar-refractivity contribution >= 4 is 16.5 Å². The monoisotopic (exact) mass is 410 g/mol. The largest absolute Gasteiger partial charge is 0.495 e. The molecule has 7 heteroatoms. The van der Waals surface area contributed by atoms with E-state index in [2.05, 4.69) is 44.9 Å². The molecule has 31 heavy (non-hydrogen) atoms. The van der Waals surface area contributed by atoms with E-state index in [1.807, 2.05) is 60.3 Å². The molecule has 0 aliphatic carbocycles. The Morgan fingerprint density at radius 3 is 2.71 bits per heavy atom. The summed E-state index contributed by atoms with van der Waals surface area (Å²) in [5, 5.41) is 14.4. The summed E-state index contributed by atoms with van der Waals surface area (Å²) in [5.41, 5.74) is 4.67. The smallest absolute Gasteiger partial charge is 0.143 e. The lowest BCUT2D eigenvalue weighted by Crippen LogP contribution is -2.08. The third kappa shape index (κ3) is 3.73. The minimum Gasteiger partial charge on any atom is -0.495 e. The first kappa shape index (κ1) is 18.9. The molecule has 5 aromatic rings. The first-order valence-corrected chi connectivity index (χ1v) is 10.0. The molecule has 0 bridgehead atoms. The fourth-order valence-corrected chi connectivity index (χ4v) is 3.66. The molecule has 3 aromatic carbocycles. The fourth-order valence-electron chi connectivity index (χ4n) is 3.66. The predicted octanol–water partition coefficient (Wildman–Crippen LogP) is 4.67. The van der Waals surface area contributed by atoms with Crippen molar-refractivity contribution in [3.05, 3.63) is 85.1 Å². The van der Waals surface area contributed by atoms with Gasteiger partial charge in [-0.2, -0.15) is 0 Å². The standard InChI is InChI=1S/C24H22N6O/c1-17-13-29(15-25-17)23-11-10-19(12-24(23)31-2)22-14-30(28-27-22)16-26-21-9-5-7-18-6-3-4-8-20(18)21/h3-15,26H,16H2,1-2H3. The molecule has 1 N–H and O–H groups in total. The first-order chi connectivity index (χ1) is 15.2. The number of nitrogens with zero attached hydrogens (tertiary/aromatic N) is 5. The van der Waals surface area contributed by atoms with Crippen molar-refractivity contribution in [3.63, 3.8) is 0 Å². The second kappa shape index (κ2) is 7.95. The zero-order valence-electron chi connectivity index (χ0n) is 17.4. The lowest BCUT2D eigenvalue weighted by molar-refractivity contribution is 0.413. The van der Waals surface area contributed by atoms with E-state index < -0.39 is 0 Å². The summed E-state index contributed by atoms with van der Waals surface area (Å²) >= 11 is 0. The number of imidazole rings is 1. The van der Waals surface area contributed by atoms with Crippen LogP contribution in [-0.2, 0) is 6.67 Å². The molecule has 5 rings (SSSR count). The van der Waals surface area contributed by atoms with E-state index in [9.17, 15) is 0 Å². The summed E-state index contributed by atoms with van der Waals surface area (Å²) in [6.45, 7) is 2.48. The zero-order valence-corrected chi connectivity index (χ0v) is 17.4. The predicted molar refractivity (Wildman–Crippen MR) is 121 cm³/mol. The minimum absolute atomic E-state index is 0.518. The molecular weight excluding hydrogens is 388 g/mol. The van der Waals surface area contributed by atoms with E-state index in [0.717, 1.165) is 34.1 Å². The summed E-state index contributed by atoms with van der Waals surface area (Å²) in [5.74, 6) is 0.748. The van der Waals surface area contributed by atoms with Crippen molar-refractivity contribution in [2.75, 3.05) is 12.4 Å². The highest BCUT2D eigenvalue weighted by Crippen LogP contribution is 2.29. The minimum atomic E-state index is 0.518. The van der Waals surface area contributed by atoms with Gasteiger partial charge in [0.15, 0.2) is 0 Å². The lowest BCUT2D eigenvalue weighted by atomic mass is 10.1. The van der Waals surface area contributed by atoms with E-state index in [1.165, 1.54) is 10.8 Å². The lowest BCUT2D eigenvalue weighted by Gasteiger charge is -2.10. The van der Waals surface area contributed by atoms with Gasteiger partial charge in [0.1, 0.15) is 18.1 Å². The van der Waals surface area contributed by atoms with Crippen molar-refractivity contribution in [2.45, 2.75) is 13.6 Å². The maximum absolute atomic E-state index is 5.61. The highest BCUT2D eigenvalue weighted by molar-refractivity contribution is 5.93. The molecule has 154 valence electrons. The summed E-state index contributed by atoms with van der Waals surface area (Å²) in [4.78, 5) is 4.29. The second-order valence-corrected chi connectivity index (χ2v) is 7.31. The molecule has 0 radical (unpaired) electrons. The van der Waals surface area contributed by atoms with Crippen LogP contribution in [0.5, 0.6) is 5.75 Å². The SMILES string of the molecule is COc1cc(-c2cn(CNc3cccc4ccccc34)nn2)ccc1-n1cnc(C)c1. The van der Waals surface area contributed by atoms with Gasteiger partial charge in [0, 0.05) is 22.8 Å². The van der Waals surface area contributed by atoms with Gasteiger partial charge in [0.25, 0.3) is 0 Å². The molecule has 0 saturated heterocycles. The number of fused-ring (bicyclic) bond motifs is 1. The fraction of sp³-hybridized carbons (Fsp3) is 0.125. The maximum Gasteiger partial charge on any atom is 0.143 e. The highest BCUT2D eigenvalue weighted by Gasteiger charge is 2.11. The molecule has 7 nitrogen and oxygen atoms in total. The number of hydrogen-bond donors (Lipinski definition) is 1. The highest BCUT2D eigenvalue weighted by atomic mass is 16.5. The van der Waals surface area contributed by atoms with Crippen LogP contribution >= 0.6 is 0 Å². The molecule has 2 heterocycles. The number of benzene rings is 3. The number of aromatic nitrogens is 5. The van der Waals surface area contributed by atoms with Crippen LogP contribution in [0.1, 0.15) is 5.69 Å². The third-order valence-corrected chi connectivity index (χ3v) is 5.23. The second-order valence-electron chi connectivity index (χ2n) is 7.31. The molecule has 0 aliphatic rings. The molecule has 0 fully saturated rings. The van der Waals surface area contributed by atoms with Gasteiger partial charge in [-0.3, -0.25) is 0 Å². The Labute approximate surface area is 179 Å². The number of aryl methyl sites for hydroxylation is 1. The average Bonchev–Trinajstić information content (AvgIpc) is 3.46. The summed E-state index contributed by atoms with van der Waals surface area (Å²) in [7, 11) is 1.66. The van der Waals surface area contributed by atoms with Gasteiger partial charge >= 0.3 is 0 Å². The summed E-state index contributed by atoms with van der Waals surface area (Å²) in [6.07, 6.45) is 5.67. The van der Waals surface area contributed by atoms with Gasteiger partial charge in [-0.05, 0) is 30.5 Å². The summed E-state index contributed by atoms with van der Waals surface area (Å²) in [6, 6.07) is 20.5. The normalized spacial score (nSPS) is 11.0. The number of hydrogen-bond acceptors (Lipinski definition) is 5. The molecule has 0 atom stereocenters. The molecule has 0 unspecified atom stereocenters. The number of nitrogens with one attached hydrogen (secondary N) is 1. The van der Waals surface area contributed by atoms with Gasteiger partial charge < -0.3 is 14.6 Å². The van der Waals surface area contributed by atoms with Crippen LogP contribution < -0.4 is 10.1 Å². The third-order valence-electron chi connectivity index (χ3n) is 5.23. The van der Waals surface area contributed by atoms with E-state index in [-0.39, 0.29) is 0 Å². The van der Waals surface area contributed by atoms with Crippen molar-refractivity contribution in [1.29, 1.82) is 0 Å². The van der Waals surface area contributed by atoms with Gasteiger partial charge in [-0.1, -0.05) is 47.7 Å². The number of ether oxygens (including phenoxy) is 1. The van der Waals surface area contributed by atoms with Gasteiger partial charge in [-0.15, -0.1) is 5.10 Å². The van der Waals surface area contributed by atoms with Crippen LogP contribution in [0.15, 0.2) is 79.4 Å². The molecule has 0 amide bonds. The Bertz CT molecular complexity index is 1350. The molecule has 0 saturated carbocycles. The van der Waals surface area contributed by atoms with Crippen molar-refractivity contribution in [2.24, 2.45) is 0 Å². The van der Waals surface area contributed by atoms with E-state index in [4.69, 9.17) is 4.74 Å². The Hall–Kier alpha value is -4.13. The van der Waals surface area contributed by atoms with Gasteiger partial charge in [0.05, 0.1) is 31.0 Å². The summed E-state index contributed by atoms with van der Waals surface area (Å²) < 4.78 is 9.34. The van der Waals surface area contributed by atoms with Crippen LogP contribution in [0.3, 0.4) is 0 Å². The van der Waals surface area contributed by atoms with Crippen LogP contribution in [0.4, 0.5) is 5.69 Å². The Morgan fingerprint density at radius 2 is 1.87 bits per heavy atom. The maximum atomic E-state index is 5.61. The Balaban J connectivity index is 1.36. The number of rotatable bonds is 6. The Kier molecular flexibility index (Phi) is 4.84. The van der Waals surface area contributed by atoms with Crippen LogP contribution in [-0.4, -0.2) is 31.7 Å². The molecule has 2 aromatic heterocycles. The van der Waals surface area contributed by atoms with Crippen LogP contribution in [0, 0.1) is 6.92 Å². The van der Waals surface area contributed by atoms with E-state index in [1.54, 1.807) is 18.1 Å². The van der Waals surface area contributed by atoms with Gasteiger partial charge in [0.2, 0.25) is 0 Å². The molecule has 0 spiro atoms. The van der Waals surface area contributed by atoms with Crippen molar-refractivity contribution in [3.8, 4) is 22.7 Å². The van der Waals surface area contributed by atoms with E-state index in [0.29, 0.717) is 6.67 Å². The van der Waals surface area contributed by atoms with E-state index >= 15 is 0 Å². The number of anilines is 1. The zero-order chi connectivity index (χ0) is 21.2. The number of methoxy groups -OCH3 is 1. The quantitative estimate of drug-likeness (QED) is 0.440. The first-order valence-electron chi connectivity index (χ1n) is 10.0. The van der Waals surface area contributed by atoms with Crippen molar-refractivity contribution in [1.82, 2.24) is 24.5 Å². The topological polar surface area (TPSA) is 69.8 Å². The molecule has 0 aliphatic heterocycles. The van der Waals surface area contributed by atoms with Crippen LogP contribution in [0.2, 0.25) is 0 Å². The van der Waals surface area contributed by atoms with Crippen LogP contribution in [0.25, 0.3) is 27.7 Å². The Morgan fingerprint density at radius 1 is 1.00 bits per heavy atom.